The van der Waals surface area contributed by atoms with E-state index in [0.29, 0.717) is 21.4 Å². The molecule has 0 saturated carbocycles. The maximum atomic E-state index is 12.1. The zero-order valence-corrected chi connectivity index (χ0v) is 13.5. The summed E-state index contributed by atoms with van der Waals surface area (Å²) < 4.78 is 0.832. The van der Waals surface area contributed by atoms with Crippen LogP contribution in [0.2, 0.25) is 10.2 Å². The number of rotatable bonds is 2. The number of nitrogens with zero attached hydrogens (tertiary/aromatic N) is 1. The van der Waals surface area contributed by atoms with E-state index in [1.807, 2.05) is 6.92 Å². The van der Waals surface area contributed by atoms with Crippen LogP contribution in [0.3, 0.4) is 0 Å². The van der Waals surface area contributed by atoms with Gasteiger partial charge in [0.15, 0.2) is 0 Å². The smallest absolute Gasteiger partial charge is 0.256 e. The van der Waals surface area contributed by atoms with Crippen molar-refractivity contribution >= 4 is 57.4 Å². The third-order valence-corrected chi connectivity index (χ3v) is 4.02. The first-order chi connectivity index (χ1) is 8.97. The molecule has 0 unspecified atom stereocenters. The quantitative estimate of drug-likeness (QED) is 0.587. The van der Waals surface area contributed by atoms with Crippen molar-refractivity contribution in [2.75, 3.05) is 5.32 Å². The number of amides is 1. The first kappa shape index (κ1) is 14.6. The van der Waals surface area contributed by atoms with Crippen molar-refractivity contribution < 1.29 is 4.79 Å². The molecule has 0 spiro atoms. The predicted octanol–water partition coefficient (Wildman–Crippen LogP) is 4.55. The van der Waals surface area contributed by atoms with Crippen LogP contribution >= 0.6 is 45.8 Å². The van der Waals surface area contributed by atoms with Crippen LogP contribution in [0.15, 0.2) is 30.5 Å². The van der Waals surface area contributed by atoms with Crippen molar-refractivity contribution in [1.29, 1.82) is 0 Å². The van der Waals surface area contributed by atoms with Crippen LogP contribution in [0.4, 0.5) is 5.69 Å². The van der Waals surface area contributed by atoms with Crippen LogP contribution in [0.1, 0.15) is 15.9 Å². The Morgan fingerprint density at radius 3 is 2.74 bits per heavy atom. The molecule has 0 fully saturated rings. The molecule has 3 nitrogen and oxygen atoms in total. The van der Waals surface area contributed by atoms with E-state index in [-0.39, 0.29) is 5.91 Å². The molecule has 1 heterocycles. The number of aromatic nitrogens is 1. The van der Waals surface area contributed by atoms with Gasteiger partial charge >= 0.3 is 0 Å². The van der Waals surface area contributed by atoms with Gasteiger partial charge in [-0.1, -0.05) is 23.2 Å². The Bertz CT molecular complexity index is 647. The topological polar surface area (TPSA) is 42.0 Å². The lowest BCUT2D eigenvalue weighted by Crippen LogP contribution is -2.13. The minimum absolute atomic E-state index is 0.226. The molecule has 0 saturated heterocycles. The second-order valence-electron chi connectivity index (χ2n) is 3.91. The van der Waals surface area contributed by atoms with Gasteiger partial charge in [0.05, 0.1) is 17.4 Å². The lowest BCUT2D eigenvalue weighted by atomic mass is 10.2. The zero-order chi connectivity index (χ0) is 14.0. The molecule has 0 bridgehead atoms. The SMILES string of the molecule is Cc1cc(NC(=O)c2cc(Cl)ccc2I)cnc1Cl. The molecule has 1 aromatic heterocycles. The Labute approximate surface area is 134 Å². The van der Waals surface area contributed by atoms with Crippen molar-refractivity contribution in [2.45, 2.75) is 6.92 Å². The molecular formula is C13H9Cl2IN2O. The van der Waals surface area contributed by atoms with Crippen LogP contribution in [0.25, 0.3) is 0 Å². The summed E-state index contributed by atoms with van der Waals surface area (Å²) >= 11 is 13.8. The van der Waals surface area contributed by atoms with Gasteiger partial charge in [0.1, 0.15) is 5.15 Å². The van der Waals surface area contributed by atoms with Crippen LogP contribution in [0, 0.1) is 10.5 Å². The average molecular weight is 407 g/mol. The molecular weight excluding hydrogens is 398 g/mol. The molecule has 6 heteroatoms. The van der Waals surface area contributed by atoms with Gasteiger partial charge in [0.2, 0.25) is 0 Å². The third kappa shape index (κ3) is 3.58. The summed E-state index contributed by atoms with van der Waals surface area (Å²) in [5.74, 6) is -0.226. The summed E-state index contributed by atoms with van der Waals surface area (Å²) in [5, 5.41) is 3.72. The molecule has 2 aromatic rings. The summed E-state index contributed by atoms with van der Waals surface area (Å²) in [4.78, 5) is 16.1. The highest BCUT2D eigenvalue weighted by molar-refractivity contribution is 14.1. The van der Waals surface area contributed by atoms with E-state index in [1.54, 1.807) is 24.3 Å². The van der Waals surface area contributed by atoms with Gasteiger partial charge in [-0.15, -0.1) is 0 Å². The van der Waals surface area contributed by atoms with Crippen LogP contribution in [0.5, 0.6) is 0 Å². The maximum absolute atomic E-state index is 12.1. The first-order valence-corrected chi connectivity index (χ1v) is 7.19. The number of carbonyl (C=O) groups excluding carboxylic acids is 1. The number of halogens is 3. The number of hydrogen-bond acceptors (Lipinski definition) is 2. The molecule has 1 N–H and O–H groups in total. The standard InChI is InChI=1S/C13H9Cl2IN2O/c1-7-4-9(6-17-12(7)15)18-13(19)10-5-8(14)2-3-11(10)16/h2-6H,1H3,(H,18,19). The number of aryl methyl sites for hydroxylation is 1. The van der Waals surface area contributed by atoms with Crippen LogP contribution < -0.4 is 5.32 Å². The Morgan fingerprint density at radius 1 is 1.32 bits per heavy atom. The molecule has 0 aliphatic carbocycles. The lowest BCUT2D eigenvalue weighted by Gasteiger charge is -2.08. The van der Waals surface area contributed by atoms with E-state index in [0.717, 1.165) is 9.13 Å². The van der Waals surface area contributed by atoms with E-state index < -0.39 is 0 Å². The molecule has 1 aromatic carbocycles. The molecule has 19 heavy (non-hydrogen) atoms. The summed E-state index contributed by atoms with van der Waals surface area (Å²) in [7, 11) is 0. The van der Waals surface area contributed by atoms with E-state index in [9.17, 15) is 4.79 Å². The first-order valence-electron chi connectivity index (χ1n) is 5.36. The van der Waals surface area contributed by atoms with Gasteiger partial charge < -0.3 is 5.32 Å². The highest BCUT2D eigenvalue weighted by atomic mass is 127. The van der Waals surface area contributed by atoms with Crippen LogP contribution in [-0.2, 0) is 0 Å². The zero-order valence-electron chi connectivity index (χ0n) is 9.88. The Morgan fingerprint density at radius 2 is 2.05 bits per heavy atom. The highest BCUT2D eigenvalue weighted by Gasteiger charge is 2.11. The fourth-order valence-electron chi connectivity index (χ4n) is 1.50. The summed E-state index contributed by atoms with van der Waals surface area (Å²) in [6.07, 6.45) is 1.52. The summed E-state index contributed by atoms with van der Waals surface area (Å²) in [6.45, 7) is 1.83. The van der Waals surface area contributed by atoms with Gasteiger partial charge in [-0.3, -0.25) is 4.79 Å². The molecule has 0 aliphatic rings. The van der Waals surface area contributed by atoms with E-state index in [4.69, 9.17) is 23.2 Å². The number of nitrogens with one attached hydrogen (secondary N) is 1. The lowest BCUT2D eigenvalue weighted by molar-refractivity contribution is 0.102. The van der Waals surface area contributed by atoms with Gasteiger partial charge in [-0.25, -0.2) is 4.98 Å². The van der Waals surface area contributed by atoms with Gasteiger partial charge in [-0.05, 0) is 59.3 Å². The predicted molar refractivity (Wildman–Crippen MR) is 86.1 cm³/mol. The Hall–Kier alpha value is -0.850. The fraction of sp³-hybridized carbons (Fsp3) is 0.0769. The van der Waals surface area contributed by atoms with E-state index in [2.05, 4.69) is 32.9 Å². The number of pyridine rings is 1. The number of benzene rings is 1. The molecule has 2 rings (SSSR count). The number of anilines is 1. The van der Waals surface area contributed by atoms with Crippen molar-refractivity contribution in [3.05, 3.63) is 55.3 Å². The second-order valence-corrected chi connectivity index (χ2v) is 5.87. The summed E-state index contributed by atoms with van der Waals surface area (Å²) in [5.41, 5.74) is 1.93. The highest BCUT2D eigenvalue weighted by Crippen LogP contribution is 2.20. The van der Waals surface area contributed by atoms with E-state index in [1.165, 1.54) is 6.20 Å². The van der Waals surface area contributed by atoms with Gasteiger partial charge in [-0.2, -0.15) is 0 Å². The van der Waals surface area contributed by atoms with Gasteiger partial charge in [0, 0.05) is 8.59 Å². The Balaban J connectivity index is 2.25. The van der Waals surface area contributed by atoms with Crippen LogP contribution in [-0.4, -0.2) is 10.9 Å². The summed E-state index contributed by atoms with van der Waals surface area (Å²) in [6, 6.07) is 6.94. The van der Waals surface area contributed by atoms with Crippen molar-refractivity contribution in [2.24, 2.45) is 0 Å². The van der Waals surface area contributed by atoms with Gasteiger partial charge in [0.25, 0.3) is 5.91 Å². The number of carbonyl (C=O) groups is 1. The Kier molecular flexibility index (Phi) is 4.65. The molecule has 0 atom stereocenters. The minimum atomic E-state index is -0.226. The molecule has 0 radical (unpaired) electrons. The number of hydrogen-bond donors (Lipinski definition) is 1. The monoisotopic (exact) mass is 406 g/mol. The molecule has 0 aliphatic heterocycles. The maximum Gasteiger partial charge on any atom is 0.256 e. The van der Waals surface area contributed by atoms with E-state index >= 15 is 0 Å². The van der Waals surface area contributed by atoms with Crippen molar-refractivity contribution in [3.63, 3.8) is 0 Å². The molecule has 98 valence electrons. The average Bonchev–Trinajstić information content (AvgIpc) is 2.36. The van der Waals surface area contributed by atoms with Crippen molar-refractivity contribution in [3.8, 4) is 0 Å². The van der Waals surface area contributed by atoms with Crippen molar-refractivity contribution in [1.82, 2.24) is 4.98 Å². The largest absolute Gasteiger partial charge is 0.321 e. The second kappa shape index (κ2) is 6.07. The fourth-order valence-corrected chi connectivity index (χ4v) is 2.35. The molecule has 1 amide bonds. The minimum Gasteiger partial charge on any atom is -0.321 e. The normalized spacial score (nSPS) is 10.3. The third-order valence-electron chi connectivity index (χ3n) is 2.45.